The summed E-state index contributed by atoms with van der Waals surface area (Å²) in [6, 6.07) is -0.496. The number of aliphatic carboxylic acids is 1. The summed E-state index contributed by atoms with van der Waals surface area (Å²) in [5.74, 6) is -0.469. The topological polar surface area (TPSA) is 90.9 Å². The number of hydroxylamine groups is 1. The van der Waals surface area contributed by atoms with E-state index in [1.807, 2.05) is 5.48 Å². The van der Waals surface area contributed by atoms with Gasteiger partial charge in [0.1, 0.15) is 0 Å². The minimum Gasteiger partial charge on any atom is -0.479 e. The van der Waals surface area contributed by atoms with E-state index in [1.165, 1.54) is 0 Å². The van der Waals surface area contributed by atoms with Crippen LogP contribution in [-0.4, -0.2) is 55.3 Å². The van der Waals surface area contributed by atoms with Crippen LogP contribution in [0.1, 0.15) is 19.3 Å². The number of hydrogen-bond donors (Lipinski definition) is 3. The summed E-state index contributed by atoms with van der Waals surface area (Å²) in [5, 5.41) is 10.9. The molecule has 1 saturated heterocycles. The van der Waals surface area contributed by atoms with Gasteiger partial charge in [-0.05, 0) is 45.3 Å². The third kappa shape index (κ3) is 6.41. The smallest absolute Gasteiger partial charge is 0.338 e. The van der Waals surface area contributed by atoms with Gasteiger partial charge >= 0.3 is 12.0 Å². The maximum atomic E-state index is 11.2. The van der Waals surface area contributed by atoms with Gasteiger partial charge in [-0.1, -0.05) is 0 Å². The molecule has 0 aromatic carbocycles. The molecular formula is C11H21N3O4. The minimum absolute atomic E-state index is 0.496. The highest BCUT2D eigenvalue weighted by atomic mass is 16.7. The number of nitrogens with one attached hydrogen (secondary N) is 2. The molecule has 0 saturated carbocycles. The average molecular weight is 259 g/mol. The van der Waals surface area contributed by atoms with E-state index in [1.54, 1.807) is 0 Å². The fourth-order valence-corrected chi connectivity index (χ4v) is 1.94. The Labute approximate surface area is 106 Å². The number of nitrogens with zero attached hydrogens (tertiary/aromatic N) is 1. The number of piperidine rings is 1. The third-order valence-electron chi connectivity index (χ3n) is 3.04. The molecule has 0 unspecified atom stereocenters. The second-order valence-corrected chi connectivity index (χ2v) is 4.58. The van der Waals surface area contributed by atoms with Crippen molar-refractivity contribution in [3.63, 3.8) is 0 Å². The van der Waals surface area contributed by atoms with Crippen molar-refractivity contribution in [1.82, 2.24) is 15.7 Å². The molecular weight excluding hydrogens is 238 g/mol. The van der Waals surface area contributed by atoms with Crippen LogP contribution in [-0.2, 0) is 9.63 Å². The lowest BCUT2D eigenvalue weighted by molar-refractivity contribution is -0.144. The lowest BCUT2D eigenvalue weighted by Gasteiger charge is -2.28. The maximum absolute atomic E-state index is 11.2. The zero-order chi connectivity index (χ0) is 13.4. The lowest BCUT2D eigenvalue weighted by Crippen LogP contribution is -2.38. The summed E-state index contributed by atoms with van der Waals surface area (Å²) in [6.07, 6.45) is 3.27. The largest absolute Gasteiger partial charge is 0.479 e. The van der Waals surface area contributed by atoms with Gasteiger partial charge in [0.25, 0.3) is 0 Å². The number of urea groups is 1. The number of carbonyl (C=O) groups is 2. The van der Waals surface area contributed by atoms with Crippen molar-refractivity contribution < 1.29 is 19.5 Å². The van der Waals surface area contributed by atoms with Gasteiger partial charge in [0.05, 0.1) is 0 Å². The molecule has 1 rings (SSSR count). The minimum atomic E-state index is -1.12. The van der Waals surface area contributed by atoms with Crippen molar-refractivity contribution in [2.45, 2.75) is 19.3 Å². The van der Waals surface area contributed by atoms with Crippen LogP contribution in [0.15, 0.2) is 0 Å². The van der Waals surface area contributed by atoms with E-state index >= 15 is 0 Å². The fraction of sp³-hybridized carbons (Fsp3) is 0.818. The Hall–Kier alpha value is -1.34. The molecule has 0 aliphatic carbocycles. The van der Waals surface area contributed by atoms with Gasteiger partial charge in [0.2, 0.25) is 0 Å². The molecule has 2 amide bonds. The zero-order valence-electron chi connectivity index (χ0n) is 10.6. The van der Waals surface area contributed by atoms with Crippen LogP contribution in [0.3, 0.4) is 0 Å². The van der Waals surface area contributed by atoms with Crippen molar-refractivity contribution in [3.8, 4) is 0 Å². The highest BCUT2D eigenvalue weighted by molar-refractivity contribution is 5.73. The first-order valence-electron chi connectivity index (χ1n) is 6.14. The van der Waals surface area contributed by atoms with Gasteiger partial charge in [-0.15, -0.1) is 0 Å². The molecule has 0 radical (unpaired) electrons. The standard InChI is InChI=1S/C11H21N3O4/c1-14-6-3-9(4-7-14)2-5-12-11(17)13-18-8-10(15)16/h9H,2-8H2,1H3,(H,15,16)(H2,12,13,17). The molecule has 1 aliphatic rings. The lowest BCUT2D eigenvalue weighted by atomic mass is 9.94. The van der Waals surface area contributed by atoms with E-state index in [-0.39, 0.29) is 0 Å². The van der Waals surface area contributed by atoms with E-state index in [0.717, 1.165) is 32.4 Å². The molecule has 18 heavy (non-hydrogen) atoms. The van der Waals surface area contributed by atoms with Crippen molar-refractivity contribution in [2.75, 3.05) is 33.3 Å². The predicted molar refractivity (Wildman–Crippen MR) is 65.0 cm³/mol. The van der Waals surface area contributed by atoms with Gasteiger partial charge in [0.15, 0.2) is 6.61 Å². The first-order valence-corrected chi connectivity index (χ1v) is 6.14. The van der Waals surface area contributed by atoms with Crippen molar-refractivity contribution in [2.24, 2.45) is 5.92 Å². The number of amides is 2. The van der Waals surface area contributed by atoms with Crippen LogP contribution >= 0.6 is 0 Å². The van der Waals surface area contributed by atoms with Crippen LogP contribution in [0.4, 0.5) is 4.79 Å². The molecule has 3 N–H and O–H groups in total. The van der Waals surface area contributed by atoms with Gasteiger partial charge in [-0.3, -0.25) is 4.84 Å². The molecule has 1 heterocycles. The summed E-state index contributed by atoms with van der Waals surface area (Å²) in [5.41, 5.74) is 2.02. The summed E-state index contributed by atoms with van der Waals surface area (Å²) in [6.45, 7) is 2.26. The van der Waals surface area contributed by atoms with E-state index < -0.39 is 18.6 Å². The van der Waals surface area contributed by atoms with Gasteiger partial charge in [-0.25, -0.2) is 15.1 Å². The Balaban J connectivity index is 2.00. The van der Waals surface area contributed by atoms with Crippen molar-refractivity contribution in [1.29, 1.82) is 0 Å². The van der Waals surface area contributed by atoms with Crippen LogP contribution in [0.25, 0.3) is 0 Å². The first kappa shape index (κ1) is 14.7. The van der Waals surface area contributed by atoms with Crippen LogP contribution in [0.2, 0.25) is 0 Å². The quantitative estimate of drug-likeness (QED) is 0.586. The van der Waals surface area contributed by atoms with Crippen molar-refractivity contribution in [3.05, 3.63) is 0 Å². The fourth-order valence-electron chi connectivity index (χ4n) is 1.94. The number of hydrogen-bond acceptors (Lipinski definition) is 4. The Morgan fingerprint density at radius 2 is 2.06 bits per heavy atom. The monoisotopic (exact) mass is 259 g/mol. The Morgan fingerprint density at radius 3 is 2.67 bits per heavy atom. The Morgan fingerprint density at radius 1 is 1.39 bits per heavy atom. The number of carboxylic acids is 1. The summed E-state index contributed by atoms with van der Waals surface area (Å²) < 4.78 is 0. The van der Waals surface area contributed by atoms with Crippen LogP contribution in [0, 0.1) is 5.92 Å². The van der Waals surface area contributed by atoms with Gasteiger partial charge in [-0.2, -0.15) is 0 Å². The molecule has 1 fully saturated rings. The maximum Gasteiger partial charge on any atom is 0.338 e. The number of likely N-dealkylation sites (tertiary alicyclic amines) is 1. The summed E-state index contributed by atoms with van der Waals surface area (Å²) in [7, 11) is 2.11. The molecule has 0 spiro atoms. The van der Waals surface area contributed by atoms with Crippen LogP contribution in [0.5, 0.6) is 0 Å². The van der Waals surface area contributed by atoms with Gasteiger partial charge < -0.3 is 15.3 Å². The summed E-state index contributed by atoms with van der Waals surface area (Å²) in [4.78, 5) is 28.0. The molecule has 0 aromatic heterocycles. The molecule has 0 bridgehead atoms. The number of carbonyl (C=O) groups excluding carboxylic acids is 1. The summed E-state index contributed by atoms with van der Waals surface area (Å²) >= 11 is 0. The second kappa shape index (κ2) is 7.88. The highest BCUT2D eigenvalue weighted by Gasteiger charge is 2.16. The molecule has 7 heteroatoms. The highest BCUT2D eigenvalue weighted by Crippen LogP contribution is 2.18. The number of carboxylic acid groups (broad SMARTS) is 1. The molecule has 0 aromatic rings. The zero-order valence-corrected chi connectivity index (χ0v) is 10.6. The third-order valence-corrected chi connectivity index (χ3v) is 3.04. The second-order valence-electron chi connectivity index (χ2n) is 4.58. The van der Waals surface area contributed by atoms with Crippen LogP contribution < -0.4 is 10.8 Å². The normalized spacial score (nSPS) is 17.4. The molecule has 0 atom stereocenters. The first-order chi connectivity index (χ1) is 8.58. The van der Waals surface area contributed by atoms with Gasteiger partial charge in [0, 0.05) is 6.54 Å². The van der Waals surface area contributed by atoms with Crippen molar-refractivity contribution >= 4 is 12.0 Å². The molecule has 104 valence electrons. The van der Waals surface area contributed by atoms with E-state index in [2.05, 4.69) is 22.1 Å². The Kier molecular flexibility index (Phi) is 6.45. The SMILES string of the molecule is CN1CCC(CCNC(=O)NOCC(=O)O)CC1. The molecule has 1 aliphatic heterocycles. The van der Waals surface area contributed by atoms with E-state index in [4.69, 9.17) is 5.11 Å². The average Bonchev–Trinajstić information content (AvgIpc) is 2.31. The molecule has 7 nitrogen and oxygen atoms in total. The predicted octanol–water partition coefficient (Wildman–Crippen LogP) is 0.0337. The number of rotatable bonds is 6. The van der Waals surface area contributed by atoms with E-state index in [9.17, 15) is 9.59 Å². The Bertz CT molecular complexity index is 277. The van der Waals surface area contributed by atoms with E-state index in [0.29, 0.717) is 12.5 Å².